The molecule has 2 unspecified atom stereocenters. The largest absolute Gasteiger partial charge is 0.392 e. The van der Waals surface area contributed by atoms with E-state index in [-0.39, 0.29) is 12.2 Å². The van der Waals surface area contributed by atoms with Crippen LogP contribution in [0.1, 0.15) is 6.92 Å². The summed E-state index contributed by atoms with van der Waals surface area (Å²) in [6, 6.07) is -0.182. The molecule has 0 spiro atoms. The minimum Gasteiger partial charge on any atom is -0.392 e. The Kier molecular flexibility index (Phi) is 2.20. The smallest absolute Gasteiger partial charge is 0.153 e. The van der Waals surface area contributed by atoms with Crippen LogP contribution < -0.4 is 5.73 Å². The summed E-state index contributed by atoms with van der Waals surface area (Å²) in [7, 11) is 0. The van der Waals surface area contributed by atoms with E-state index in [1.807, 2.05) is 4.90 Å². The van der Waals surface area contributed by atoms with Crippen LogP contribution in [0.2, 0.25) is 0 Å². The van der Waals surface area contributed by atoms with Gasteiger partial charge in [-0.05, 0) is 6.92 Å². The molecule has 0 amide bonds. The molecule has 0 saturated carbocycles. The van der Waals surface area contributed by atoms with Gasteiger partial charge in [0.25, 0.3) is 0 Å². The normalized spacial score (nSPS) is 31.6. The van der Waals surface area contributed by atoms with Gasteiger partial charge >= 0.3 is 0 Å². The number of nitrogens with two attached hydrogens (primary N) is 1. The van der Waals surface area contributed by atoms with Gasteiger partial charge in [-0.3, -0.25) is 4.99 Å². The van der Waals surface area contributed by atoms with E-state index in [0.29, 0.717) is 12.4 Å². The van der Waals surface area contributed by atoms with Crippen LogP contribution >= 0.6 is 0 Å². The Morgan fingerprint density at radius 2 is 2.43 bits per heavy atom. The van der Waals surface area contributed by atoms with Crippen molar-refractivity contribution in [2.75, 3.05) is 6.54 Å². The SMILES string of the molecule is C[C@@H](O)CN1C=NC2C(N)=NC=NC21. The van der Waals surface area contributed by atoms with E-state index in [4.69, 9.17) is 5.73 Å². The molecule has 3 atom stereocenters. The Morgan fingerprint density at radius 3 is 3.14 bits per heavy atom. The molecule has 2 heterocycles. The molecule has 2 aliphatic rings. The first-order chi connectivity index (χ1) is 6.68. The number of nitrogens with zero attached hydrogens (tertiary/aromatic N) is 4. The number of hydrogen-bond donors (Lipinski definition) is 2. The molecule has 2 rings (SSSR count). The summed E-state index contributed by atoms with van der Waals surface area (Å²) in [6.07, 6.45) is 2.59. The molecular weight excluding hydrogens is 182 g/mol. The van der Waals surface area contributed by atoms with Crippen molar-refractivity contribution in [2.24, 2.45) is 20.7 Å². The third-order valence-electron chi connectivity index (χ3n) is 2.20. The Balaban J connectivity index is 2.10. The molecule has 0 bridgehead atoms. The molecule has 3 N–H and O–H groups in total. The average Bonchev–Trinajstić information content (AvgIpc) is 2.49. The topological polar surface area (TPSA) is 86.6 Å². The van der Waals surface area contributed by atoms with Gasteiger partial charge in [-0.15, -0.1) is 0 Å². The van der Waals surface area contributed by atoms with Crippen molar-refractivity contribution >= 4 is 18.5 Å². The van der Waals surface area contributed by atoms with Crippen molar-refractivity contribution in [2.45, 2.75) is 25.2 Å². The minimum absolute atomic E-state index is 0.123. The third-order valence-corrected chi connectivity index (χ3v) is 2.20. The first-order valence-corrected chi connectivity index (χ1v) is 4.50. The summed E-state index contributed by atoms with van der Waals surface area (Å²) in [5.41, 5.74) is 5.67. The molecule has 0 fully saturated rings. The second kappa shape index (κ2) is 3.38. The molecule has 0 aromatic rings. The number of aliphatic hydroxyl groups is 1. The van der Waals surface area contributed by atoms with Crippen LogP contribution in [-0.2, 0) is 0 Å². The van der Waals surface area contributed by atoms with Crippen molar-refractivity contribution in [3.05, 3.63) is 0 Å². The fourth-order valence-corrected chi connectivity index (χ4v) is 1.59. The highest BCUT2D eigenvalue weighted by Crippen LogP contribution is 2.17. The van der Waals surface area contributed by atoms with Crippen LogP contribution in [0.5, 0.6) is 0 Å². The second-order valence-electron chi connectivity index (χ2n) is 3.49. The molecule has 0 radical (unpaired) electrons. The quantitative estimate of drug-likeness (QED) is 0.580. The first kappa shape index (κ1) is 9.14. The summed E-state index contributed by atoms with van der Waals surface area (Å²) in [5.74, 6) is 0.481. The van der Waals surface area contributed by atoms with E-state index in [1.54, 1.807) is 13.3 Å². The number of hydrogen-bond acceptors (Lipinski definition) is 6. The predicted molar refractivity (Wildman–Crippen MR) is 54.6 cm³/mol. The molecule has 0 saturated heterocycles. The zero-order valence-electron chi connectivity index (χ0n) is 7.91. The van der Waals surface area contributed by atoms with Crippen LogP contribution in [0.3, 0.4) is 0 Å². The predicted octanol–water partition coefficient (Wildman–Crippen LogP) is -1.20. The molecule has 14 heavy (non-hydrogen) atoms. The van der Waals surface area contributed by atoms with Crippen molar-refractivity contribution in [1.29, 1.82) is 0 Å². The molecule has 76 valence electrons. The monoisotopic (exact) mass is 195 g/mol. The number of amidine groups is 1. The third kappa shape index (κ3) is 1.48. The zero-order valence-corrected chi connectivity index (χ0v) is 7.91. The van der Waals surface area contributed by atoms with E-state index < -0.39 is 6.10 Å². The number of fused-ring (bicyclic) bond motifs is 1. The van der Waals surface area contributed by atoms with Gasteiger partial charge in [0.2, 0.25) is 0 Å². The molecule has 0 aromatic heterocycles. The Bertz CT molecular complexity index is 309. The number of rotatable bonds is 2. The van der Waals surface area contributed by atoms with E-state index in [9.17, 15) is 5.11 Å². The van der Waals surface area contributed by atoms with Gasteiger partial charge in [-0.1, -0.05) is 0 Å². The highest BCUT2D eigenvalue weighted by Gasteiger charge is 2.34. The molecule has 6 nitrogen and oxygen atoms in total. The van der Waals surface area contributed by atoms with E-state index in [2.05, 4.69) is 15.0 Å². The van der Waals surface area contributed by atoms with Crippen molar-refractivity contribution in [3.63, 3.8) is 0 Å². The molecular formula is C8H13N5O. The van der Waals surface area contributed by atoms with E-state index in [1.165, 1.54) is 6.34 Å². The standard InChI is InChI=1S/C8H13N5O/c1-5(14)2-13-4-12-6-7(9)10-3-11-8(6)13/h3-6,8,14H,2H2,1H3,(H2,9,10,11)/t5-,6?,8?/m1/s1. The van der Waals surface area contributed by atoms with Gasteiger partial charge in [-0.25, -0.2) is 9.98 Å². The van der Waals surface area contributed by atoms with Gasteiger partial charge in [0.05, 0.1) is 12.4 Å². The van der Waals surface area contributed by atoms with Crippen LogP contribution in [0.4, 0.5) is 0 Å². The second-order valence-corrected chi connectivity index (χ2v) is 3.49. The average molecular weight is 195 g/mol. The summed E-state index contributed by atoms with van der Waals surface area (Å²) >= 11 is 0. The Morgan fingerprint density at radius 1 is 1.64 bits per heavy atom. The lowest BCUT2D eigenvalue weighted by atomic mass is 10.2. The zero-order chi connectivity index (χ0) is 10.1. The maximum atomic E-state index is 9.25. The summed E-state index contributed by atoms with van der Waals surface area (Å²) in [5, 5.41) is 9.25. The molecule has 0 aromatic carbocycles. The fraction of sp³-hybridized carbons (Fsp3) is 0.625. The highest BCUT2D eigenvalue weighted by atomic mass is 16.3. The Hall–Kier alpha value is -1.43. The van der Waals surface area contributed by atoms with Gasteiger partial charge in [0.15, 0.2) is 6.17 Å². The van der Waals surface area contributed by atoms with Crippen molar-refractivity contribution < 1.29 is 5.11 Å². The molecule has 0 aliphatic carbocycles. The van der Waals surface area contributed by atoms with Crippen molar-refractivity contribution in [1.82, 2.24) is 4.90 Å². The van der Waals surface area contributed by atoms with Gasteiger partial charge in [0.1, 0.15) is 18.2 Å². The van der Waals surface area contributed by atoms with Crippen LogP contribution in [0, 0.1) is 0 Å². The first-order valence-electron chi connectivity index (χ1n) is 4.50. The van der Waals surface area contributed by atoms with Crippen LogP contribution in [-0.4, -0.2) is 53.4 Å². The van der Waals surface area contributed by atoms with Crippen LogP contribution in [0.25, 0.3) is 0 Å². The summed E-state index contributed by atoms with van der Waals surface area (Å²) in [4.78, 5) is 14.1. The lowest BCUT2D eigenvalue weighted by Gasteiger charge is -2.26. The van der Waals surface area contributed by atoms with Crippen LogP contribution in [0.15, 0.2) is 15.0 Å². The number of β-amino-alcohol motifs (C(OH)–C–C–N with tert-alkyl or cyclic N) is 1. The maximum Gasteiger partial charge on any atom is 0.153 e. The van der Waals surface area contributed by atoms with Gasteiger partial charge < -0.3 is 15.7 Å². The minimum atomic E-state index is -0.407. The Labute approximate surface area is 81.9 Å². The maximum absolute atomic E-state index is 9.25. The van der Waals surface area contributed by atoms with E-state index >= 15 is 0 Å². The lowest BCUT2D eigenvalue weighted by Crippen LogP contribution is -2.45. The van der Waals surface area contributed by atoms with Crippen molar-refractivity contribution in [3.8, 4) is 0 Å². The molecule has 2 aliphatic heterocycles. The van der Waals surface area contributed by atoms with Gasteiger partial charge in [0, 0.05) is 6.54 Å². The number of aliphatic hydroxyl groups excluding tert-OH is 1. The van der Waals surface area contributed by atoms with E-state index in [0.717, 1.165) is 0 Å². The lowest BCUT2D eigenvalue weighted by molar-refractivity contribution is 0.149. The van der Waals surface area contributed by atoms with Gasteiger partial charge in [-0.2, -0.15) is 0 Å². The summed E-state index contributed by atoms with van der Waals surface area (Å²) < 4.78 is 0. The highest BCUT2D eigenvalue weighted by molar-refractivity contribution is 5.96. The fourth-order valence-electron chi connectivity index (χ4n) is 1.59. The summed E-state index contributed by atoms with van der Waals surface area (Å²) in [6.45, 7) is 2.24. The number of aliphatic imine (C=N–C) groups is 3. The molecule has 6 heteroatoms.